The van der Waals surface area contributed by atoms with Gasteiger partial charge in [0.05, 0.1) is 0 Å². The highest BCUT2D eigenvalue weighted by Crippen LogP contribution is 2.40. The summed E-state index contributed by atoms with van der Waals surface area (Å²) in [6, 6.07) is 0. The fraction of sp³-hybridized carbons (Fsp3) is 0.882. The SMILES string of the molecule is CCC(CCNC(=O)C1CCCCC1(C)C)CCC(=O)O. The summed E-state index contributed by atoms with van der Waals surface area (Å²) in [5.74, 6) is -0.0275. The number of hydrogen-bond acceptors (Lipinski definition) is 2. The van der Waals surface area contributed by atoms with Crippen molar-refractivity contribution < 1.29 is 14.7 Å². The second kappa shape index (κ2) is 8.40. The highest BCUT2D eigenvalue weighted by Gasteiger charge is 2.36. The first-order valence-corrected chi connectivity index (χ1v) is 8.36. The number of carboxylic acids is 1. The van der Waals surface area contributed by atoms with Crippen LogP contribution >= 0.6 is 0 Å². The average Bonchev–Trinajstić information content (AvgIpc) is 2.41. The van der Waals surface area contributed by atoms with Crippen LogP contribution in [-0.2, 0) is 9.59 Å². The molecule has 2 atom stereocenters. The van der Waals surface area contributed by atoms with Gasteiger partial charge in [-0.2, -0.15) is 0 Å². The van der Waals surface area contributed by atoms with Crippen molar-refractivity contribution in [1.82, 2.24) is 5.32 Å². The maximum atomic E-state index is 12.3. The third kappa shape index (κ3) is 6.06. The molecule has 21 heavy (non-hydrogen) atoms. The number of hydrogen-bond donors (Lipinski definition) is 2. The number of amides is 1. The first-order chi connectivity index (χ1) is 9.86. The van der Waals surface area contributed by atoms with Crippen LogP contribution in [0.5, 0.6) is 0 Å². The maximum Gasteiger partial charge on any atom is 0.303 e. The van der Waals surface area contributed by atoms with Gasteiger partial charge in [0.1, 0.15) is 0 Å². The lowest BCUT2D eigenvalue weighted by molar-refractivity contribution is -0.137. The molecule has 0 saturated heterocycles. The summed E-state index contributed by atoms with van der Waals surface area (Å²) in [6.07, 6.45) is 7.28. The second-order valence-corrected chi connectivity index (χ2v) is 7.07. The fourth-order valence-corrected chi connectivity index (χ4v) is 3.38. The molecule has 0 heterocycles. The summed E-state index contributed by atoms with van der Waals surface area (Å²) in [4.78, 5) is 23.0. The summed E-state index contributed by atoms with van der Waals surface area (Å²) >= 11 is 0. The highest BCUT2D eigenvalue weighted by molar-refractivity contribution is 5.79. The van der Waals surface area contributed by atoms with Crippen LogP contribution in [0.15, 0.2) is 0 Å². The minimum Gasteiger partial charge on any atom is -0.481 e. The van der Waals surface area contributed by atoms with E-state index in [9.17, 15) is 9.59 Å². The molecule has 0 aliphatic heterocycles. The molecule has 2 N–H and O–H groups in total. The van der Waals surface area contributed by atoms with Gasteiger partial charge in [-0.1, -0.05) is 40.0 Å². The monoisotopic (exact) mass is 297 g/mol. The van der Waals surface area contributed by atoms with Crippen LogP contribution in [0.3, 0.4) is 0 Å². The lowest BCUT2D eigenvalue weighted by atomic mass is 9.68. The predicted octanol–water partition coefficient (Wildman–Crippen LogP) is 3.60. The van der Waals surface area contributed by atoms with E-state index in [1.54, 1.807) is 0 Å². The number of carbonyl (C=O) groups is 2. The Morgan fingerprint density at radius 3 is 2.57 bits per heavy atom. The van der Waals surface area contributed by atoms with Crippen molar-refractivity contribution in [3.05, 3.63) is 0 Å². The van der Waals surface area contributed by atoms with E-state index >= 15 is 0 Å². The molecule has 0 spiro atoms. The molecule has 0 bridgehead atoms. The molecule has 2 unspecified atom stereocenters. The summed E-state index contributed by atoms with van der Waals surface area (Å²) in [7, 11) is 0. The van der Waals surface area contributed by atoms with Crippen molar-refractivity contribution in [2.45, 2.75) is 72.1 Å². The second-order valence-electron chi connectivity index (χ2n) is 7.07. The van der Waals surface area contributed by atoms with Gasteiger partial charge in [-0.05, 0) is 37.0 Å². The van der Waals surface area contributed by atoms with Crippen LogP contribution in [-0.4, -0.2) is 23.5 Å². The highest BCUT2D eigenvalue weighted by atomic mass is 16.4. The van der Waals surface area contributed by atoms with E-state index in [2.05, 4.69) is 26.1 Å². The van der Waals surface area contributed by atoms with E-state index in [0.29, 0.717) is 18.9 Å². The average molecular weight is 297 g/mol. The van der Waals surface area contributed by atoms with E-state index in [1.165, 1.54) is 6.42 Å². The van der Waals surface area contributed by atoms with Crippen LogP contribution in [0.1, 0.15) is 72.1 Å². The zero-order valence-corrected chi connectivity index (χ0v) is 13.8. The molecule has 4 nitrogen and oxygen atoms in total. The van der Waals surface area contributed by atoms with Gasteiger partial charge in [0, 0.05) is 18.9 Å². The van der Waals surface area contributed by atoms with Crippen molar-refractivity contribution in [3.63, 3.8) is 0 Å². The smallest absolute Gasteiger partial charge is 0.303 e. The molecule has 0 radical (unpaired) electrons. The Hall–Kier alpha value is -1.06. The molecule has 0 aromatic carbocycles. The lowest BCUT2D eigenvalue weighted by Gasteiger charge is -2.37. The van der Waals surface area contributed by atoms with Crippen molar-refractivity contribution >= 4 is 11.9 Å². The zero-order valence-electron chi connectivity index (χ0n) is 13.8. The van der Waals surface area contributed by atoms with Crippen LogP contribution in [0.4, 0.5) is 0 Å². The minimum absolute atomic E-state index is 0.107. The number of rotatable bonds is 8. The van der Waals surface area contributed by atoms with Crippen molar-refractivity contribution in [3.8, 4) is 0 Å². The summed E-state index contributed by atoms with van der Waals surface area (Å²) in [5, 5.41) is 11.8. The molecule has 1 rings (SSSR count). The van der Waals surface area contributed by atoms with E-state index in [4.69, 9.17) is 5.11 Å². The molecule has 1 aliphatic carbocycles. The summed E-state index contributed by atoms with van der Waals surface area (Å²) in [5.41, 5.74) is 0.107. The molecular formula is C17H31NO3. The number of carboxylic acid groups (broad SMARTS) is 1. The molecule has 4 heteroatoms. The number of nitrogens with one attached hydrogen (secondary N) is 1. The maximum absolute atomic E-state index is 12.3. The van der Waals surface area contributed by atoms with Crippen LogP contribution in [0.25, 0.3) is 0 Å². The molecule has 1 saturated carbocycles. The van der Waals surface area contributed by atoms with Crippen molar-refractivity contribution in [1.29, 1.82) is 0 Å². The Labute approximate surface area is 128 Å². The first kappa shape index (κ1) is 18.0. The molecule has 0 aromatic heterocycles. The van der Waals surface area contributed by atoms with Crippen LogP contribution < -0.4 is 5.32 Å². The standard InChI is InChI=1S/C17H31NO3/c1-4-13(8-9-15(19)20)10-12-18-16(21)14-7-5-6-11-17(14,2)3/h13-14H,4-12H2,1-3H3,(H,18,21)(H,19,20). The fourth-order valence-electron chi connectivity index (χ4n) is 3.38. The minimum atomic E-state index is -0.735. The van der Waals surface area contributed by atoms with Gasteiger partial charge < -0.3 is 10.4 Å². The van der Waals surface area contributed by atoms with Crippen LogP contribution in [0, 0.1) is 17.3 Å². The zero-order chi connectivity index (χ0) is 15.9. The molecular weight excluding hydrogens is 266 g/mol. The van der Waals surface area contributed by atoms with E-state index in [0.717, 1.165) is 32.1 Å². The third-order valence-corrected chi connectivity index (χ3v) is 5.02. The quantitative estimate of drug-likeness (QED) is 0.719. The number of carbonyl (C=O) groups excluding carboxylic acids is 1. The molecule has 1 aliphatic rings. The van der Waals surface area contributed by atoms with Gasteiger partial charge >= 0.3 is 5.97 Å². The van der Waals surface area contributed by atoms with Gasteiger partial charge in [-0.25, -0.2) is 0 Å². The van der Waals surface area contributed by atoms with E-state index in [1.807, 2.05) is 0 Å². The van der Waals surface area contributed by atoms with Gasteiger partial charge in [0.25, 0.3) is 0 Å². The lowest BCUT2D eigenvalue weighted by Crippen LogP contribution is -2.41. The van der Waals surface area contributed by atoms with E-state index in [-0.39, 0.29) is 23.7 Å². The Morgan fingerprint density at radius 1 is 1.29 bits per heavy atom. The number of aliphatic carboxylic acids is 1. The Balaban J connectivity index is 2.33. The van der Waals surface area contributed by atoms with Crippen molar-refractivity contribution in [2.75, 3.05) is 6.54 Å². The van der Waals surface area contributed by atoms with Gasteiger partial charge in [-0.15, -0.1) is 0 Å². The molecule has 1 amide bonds. The largest absolute Gasteiger partial charge is 0.481 e. The Kier molecular flexibility index (Phi) is 7.20. The van der Waals surface area contributed by atoms with Gasteiger partial charge in [0.2, 0.25) is 5.91 Å². The summed E-state index contributed by atoms with van der Waals surface area (Å²) in [6.45, 7) is 7.14. The third-order valence-electron chi connectivity index (χ3n) is 5.02. The molecule has 1 fully saturated rings. The Bertz CT molecular complexity index is 352. The normalized spacial score (nSPS) is 22.5. The van der Waals surface area contributed by atoms with E-state index < -0.39 is 5.97 Å². The van der Waals surface area contributed by atoms with Gasteiger partial charge in [0.15, 0.2) is 0 Å². The molecule has 122 valence electrons. The van der Waals surface area contributed by atoms with Crippen LogP contribution in [0.2, 0.25) is 0 Å². The Morgan fingerprint density at radius 2 is 2.00 bits per heavy atom. The van der Waals surface area contributed by atoms with Gasteiger partial charge in [-0.3, -0.25) is 9.59 Å². The first-order valence-electron chi connectivity index (χ1n) is 8.36. The molecule has 0 aromatic rings. The topological polar surface area (TPSA) is 66.4 Å². The summed E-state index contributed by atoms with van der Waals surface area (Å²) < 4.78 is 0. The van der Waals surface area contributed by atoms with Crippen molar-refractivity contribution in [2.24, 2.45) is 17.3 Å². The predicted molar refractivity (Wildman–Crippen MR) is 84.0 cm³/mol.